The van der Waals surface area contributed by atoms with Crippen LogP contribution in [-0.2, 0) is 26.4 Å². The molecular formula is C21H19N5O2S. The smallest absolute Gasteiger partial charge is 0.278 e. The second-order valence-corrected chi connectivity index (χ2v) is 7.98. The molecule has 0 saturated carbocycles. The van der Waals surface area contributed by atoms with Gasteiger partial charge in [0.05, 0.1) is 11.4 Å². The van der Waals surface area contributed by atoms with Gasteiger partial charge in [-0.25, -0.2) is 0 Å². The van der Waals surface area contributed by atoms with Crippen molar-refractivity contribution in [3.05, 3.63) is 75.4 Å². The van der Waals surface area contributed by atoms with Crippen LogP contribution in [0.2, 0.25) is 0 Å². The molecule has 4 aromatic rings. The Labute approximate surface area is 171 Å². The lowest BCUT2D eigenvalue weighted by molar-refractivity contribution is 0.0738. The number of benzene rings is 1. The Morgan fingerprint density at radius 1 is 1.21 bits per heavy atom. The molecule has 0 saturated heterocycles. The first-order chi connectivity index (χ1) is 14.2. The van der Waals surface area contributed by atoms with Gasteiger partial charge in [-0.1, -0.05) is 41.6 Å². The largest absolute Gasteiger partial charge is 0.333 e. The third kappa shape index (κ3) is 3.36. The highest BCUT2D eigenvalue weighted by Gasteiger charge is 2.30. The van der Waals surface area contributed by atoms with Gasteiger partial charge < -0.3 is 9.42 Å². The fourth-order valence-electron chi connectivity index (χ4n) is 3.69. The second-order valence-electron chi connectivity index (χ2n) is 7.03. The minimum Gasteiger partial charge on any atom is -0.333 e. The van der Waals surface area contributed by atoms with Gasteiger partial charge in [0.2, 0.25) is 0 Å². The second kappa shape index (κ2) is 7.29. The SMILES string of the molecule is Cn1nc(-c2nc(Cc3ccccc3)no2)c2c1CCN(C(=O)c1cccs1)C2. The van der Waals surface area contributed by atoms with Crippen molar-refractivity contribution in [3.8, 4) is 11.6 Å². The summed E-state index contributed by atoms with van der Waals surface area (Å²) in [5, 5.41) is 10.7. The molecule has 4 heterocycles. The quantitative estimate of drug-likeness (QED) is 0.521. The minimum atomic E-state index is 0.0516. The molecule has 29 heavy (non-hydrogen) atoms. The standard InChI is InChI=1S/C21H19N5O2S/c1-25-16-9-10-26(21(27)17-8-5-11-29-17)13-15(16)19(23-25)20-22-18(24-28-20)12-14-6-3-2-4-7-14/h2-8,11H,9-10,12-13H2,1H3. The van der Waals surface area contributed by atoms with E-state index < -0.39 is 0 Å². The summed E-state index contributed by atoms with van der Waals surface area (Å²) in [7, 11) is 1.92. The van der Waals surface area contributed by atoms with Gasteiger partial charge in [-0.15, -0.1) is 11.3 Å². The Kier molecular flexibility index (Phi) is 4.48. The lowest BCUT2D eigenvalue weighted by Crippen LogP contribution is -2.36. The predicted octanol–water partition coefficient (Wildman–Crippen LogP) is 3.32. The average molecular weight is 405 g/mol. The van der Waals surface area contributed by atoms with Crippen molar-refractivity contribution in [3.63, 3.8) is 0 Å². The van der Waals surface area contributed by atoms with E-state index in [9.17, 15) is 4.79 Å². The van der Waals surface area contributed by atoms with Crippen LogP contribution in [0.1, 0.15) is 32.3 Å². The van der Waals surface area contributed by atoms with Crippen molar-refractivity contribution in [2.45, 2.75) is 19.4 Å². The van der Waals surface area contributed by atoms with Gasteiger partial charge in [-0.2, -0.15) is 10.1 Å². The Hall–Kier alpha value is -3.26. The molecule has 0 spiro atoms. The lowest BCUT2D eigenvalue weighted by Gasteiger charge is -2.27. The number of aryl methyl sites for hydroxylation is 1. The molecule has 0 unspecified atom stereocenters. The Morgan fingerprint density at radius 2 is 2.07 bits per heavy atom. The number of carbonyl (C=O) groups excluding carboxylic acids is 1. The van der Waals surface area contributed by atoms with E-state index in [0.717, 1.165) is 28.1 Å². The number of hydrogen-bond acceptors (Lipinski definition) is 6. The van der Waals surface area contributed by atoms with Crippen LogP contribution in [0, 0.1) is 0 Å². The molecule has 3 aromatic heterocycles. The Morgan fingerprint density at radius 3 is 2.86 bits per heavy atom. The van der Waals surface area contributed by atoms with Crippen LogP contribution in [0.4, 0.5) is 0 Å². The van der Waals surface area contributed by atoms with Crippen molar-refractivity contribution >= 4 is 17.2 Å². The highest BCUT2D eigenvalue weighted by molar-refractivity contribution is 7.12. The number of carbonyl (C=O) groups is 1. The Bertz CT molecular complexity index is 1150. The van der Waals surface area contributed by atoms with E-state index >= 15 is 0 Å². The summed E-state index contributed by atoms with van der Waals surface area (Å²) in [5.74, 6) is 1.07. The molecule has 0 N–H and O–H groups in total. The number of aromatic nitrogens is 4. The zero-order valence-corrected chi connectivity index (χ0v) is 16.7. The van der Waals surface area contributed by atoms with E-state index in [1.54, 1.807) is 0 Å². The first kappa shape index (κ1) is 17.8. The van der Waals surface area contributed by atoms with E-state index in [1.807, 2.05) is 64.5 Å². The molecule has 0 fully saturated rings. The van der Waals surface area contributed by atoms with Crippen LogP contribution < -0.4 is 0 Å². The van der Waals surface area contributed by atoms with Crippen LogP contribution >= 0.6 is 11.3 Å². The summed E-state index contributed by atoms with van der Waals surface area (Å²) in [6.07, 6.45) is 1.35. The topological polar surface area (TPSA) is 77.1 Å². The molecule has 1 aliphatic rings. The fourth-order valence-corrected chi connectivity index (χ4v) is 4.38. The highest BCUT2D eigenvalue weighted by Crippen LogP contribution is 2.30. The molecule has 1 amide bonds. The molecule has 1 aliphatic heterocycles. The van der Waals surface area contributed by atoms with E-state index in [2.05, 4.69) is 15.2 Å². The zero-order chi connectivity index (χ0) is 19.8. The molecular weight excluding hydrogens is 386 g/mol. The first-order valence-corrected chi connectivity index (χ1v) is 10.3. The zero-order valence-electron chi connectivity index (χ0n) is 15.9. The molecule has 7 nitrogen and oxygen atoms in total. The Balaban J connectivity index is 1.42. The van der Waals surface area contributed by atoms with Crippen molar-refractivity contribution in [2.75, 3.05) is 6.54 Å². The summed E-state index contributed by atoms with van der Waals surface area (Å²) in [5.41, 5.74) is 3.88. The summed E-state index contributed by atoms with van der Waals surface area (Å²) in [4.78, 5) is 20.0. The normalized spacial score (nSPS) is 13.5. The summed E-state index contributed by atoms with van der Waals surface area (Å²) >= 11 is 1.46. The van der Waals surface area contributed by atoms with Crippen molar-refractivity contribution in [1.82, 2.24) is 24.8 Å². The van der Waals surface area contributed by atoms with Gasteiger partial charge in [0.1, 0.15) is 0 Å². The third-order valence-corrected chi connectivity index (χ3v) is 6.00. The number of thiophene rings is 1. The monoisotopic (exact) mass is 405 g/mol. The van der Waals surface area contributed by atoms with Gasteiger partial charge in [-0.3, -0.25) is 9.48 Å². The highest BCUT2D eigenvalue weighted by atomic mass is 32.1. The lowest BCUT2D eigenvalue weighted by atomic mass is 10.0. The van der Waals surface area contributed by atoms with Crippen LogP contribution in [0.5, 0.6) is 0 Å². The number of amides is 1. The predicted molar refractivity (Wildman–Crippen MR) is 109 cm³/mol. The van der Waals surface area contributed by atoms with Gasteiger partial charge in [0, 0.05) is 37.7 Å². The number of hydrogen-bond donors (Lipinski definition) is 0. The van der Waals surface area contributed by atoms with Gasteiger partial charge >= 0.3 is 0 Å². The van der Waals surface area contributed by atoms with Crippen LogP contribution in [0.3, 0.4) is 0 Å². The van der Waals surface area contributed by atoms with E-state index in [4.69, 9.17) is 4.52 Å². The molecule has 0 atom stereocenters. The average Bonchev–Trinajstić information content (AvgIpc) is 3.49. The number of fused-ring (bicyclic) bond motifs is 1. The summed E-state index contributed by atoms with van der Waals surface area (Å²) in [6.45, 7) is 1.16. The molecule has 0 radical (unpaired) electrons. The van der Waals surface area contributed by atoms with Crippen molar-refractivity contribution < 1.29 is 9.32 Å². The number of nitrogens with zero attached hydrogens (tertiary/aromatic N) is 5. The minimum absolute atomic E-state index is 0.0516. The van der Waals surface area contributed by atoms with Crippen LogP contribution in [0.15, 0.2) is 52.4 Å². The molecule has 1 aromatic carbocycles. The third-order valence-electron chi connectivity index (χ3n) is 5.14. The number of rotatable bonds is 4. The molecule has 0 aliphatic carbocycles. The maximum absolute atomic E-state index is 12.8. The summed E-state index contributed by atoms with van der Waals surface area (Å²) < 4.78 is 7.39. The van der Waals surface area contributed by atoms with Gasteiger partial charge in [-0.05, 0) is 17.0 Å². The first-order valence-electron chi connectivity index (χ1n) is 9.43. The van der Waals surface area contributed by atoms with Crippen molar-refractivity contribution in [2.24, 2.45) is 7.05 Å². The molecule has 146 valence electrons. The van der Waals surface area contributed by atoms with Crippen molar-refractivity contribution in [1.29, 1.82) is 0 Å². The van der Waals surface area contributed by atoms with E-state index in [1.165, 1.54) is 11.3 Å². The van der Waals surface area contributed by atoms with E-state index in [0.29, 0.717) is 36.9 Å². The van der Waals surface area contributed by atoms with Crippen LogP contribution in [-0.4, -0.2) is 37.3 Å². The van der Waals surface area contributed by atoms with E-state index in [-0.39, 0.29) is 5.91 Å². The molecule has 8 heteroatoms. The molecule has 0 bridgehead atoms. The summed E-state index contributed by atoms with van der Waals surface area (Å²) in [6, 6.07) is 13.8. The maximum Gasteiger partial charge on any atom is 0.278 e. The molecule has 5 rings (SSSR count). The van der Waals surface area contributed by atoms with Gasteiger partial charge in [0.15, 0.2) is 11.5 Å². The van der Waals surface area contributed by atoms with Gasteiger partial charge in [0.25, 0.3) is 11.8 Å². The van der Waals surface area contributed by atoms with Crippen LogP contribution in [0.25, 0.3) is 11.6 Å². The maximum atomic E-state index is 12.8. The fraction of sp³-hybridized carbons (Fsp3) is 0.238.